The molecule has 0 saturated carbocycles. The molecule has 0 heterocycles. The molecule has 0 aliphatic heterocycles. The third-order valence-electron chi connectivity index (χ3n) is 1.33. The third kappa shape index (κ3) is 2.69. The highest BCUT2D eigenvalue weighted by molar-refractivity contribution is 5.88. The summed E-state index contributed by atoms with van der Waals surface area (Å²) in [6.45, 7) is 5.17. The van der Waals surface area contributed by atoms with Crippen molar-refractivity contribution in [2.75, 3.05) is 7.11 Å². The van der Waals surface area contributed by atoms with E-state index >= 15 is 0 Å². The summed E-state index contributed by atoms with van der Waals surface area (Å²) in [4.78, 5) is 14.7. The van der Waals surface area contributed by atoms with Gasteiger partial charge in [0.05, 0.1) is 12.7 Å². The monoisotopic (exact) mass is 160 g/mol. The van der Waals surface area contributed by atoms with Crippen LogP contribution >= 0.6 is 0 Å². The van der Waals surface area contributed by atoms with Crippen molar-refractivity contribution in [2.45, 2.75) is 19.4 Å². The highest BCUT2D eigenvalue weighted by Gasteiger charge is 2.18. The zero-order valence-electron chi connectivity index (χ0n) is 6.66. The lowest BCUT2D eigenvalue weighted by Gasteiger charge is -2.11. The summed E-state index contributed by atoms with van der Waals surface area (Å²) in [7, 11) is 1.25. The summed E-state index contributed by atoms with van der Waals surface area (Å²) >= 11 is 0. The molecule has 0 bridgehead atoms. The number of esters is 1. The van der Waals surface area contributed by atoms with Crippen LogP contribution in [0, 0.1) is 0 Å². The number of rotatable bonds is 4. The first-order valence-corrected chi connectivity index (χ1v) is 3.24. The zero-order valence-corrected chi connectivity index (χ0v) is 6.66. The van der Waals surface area contributed by atoms with Gasteiger partial charge in [-0.1, -0.05) is 13.5 Å². The normalized spacial score (nSPS) is 12.3. The van der Waals surface area contributed by atoms with Gasteiger partial charge in [0.2, 0.25) is 0 Å². The Balaban J connectivity index is 4.09. The van der Waals surface area contributed by atoms with E-state index in [2.05, 4.69) is 16.2 Å². The fourth-order valence-corrected chi connectivity index (χ4v) is 0.647. The number of carbonyl (C=O) groups is 1. The molecule has 11 heavy (non-hydrogen) atoms. The summed E-state index contributed by atoms with van der Waals surface area (Å²) in [5.41, 5.74) is 0.123. The Morgan fingerprint density at radius 3 is 2.55 bits per heavy atom. The van der Waals surface area contributed by atoms with Gasteiger partial charge in [-0.25, -0.2) is 9.68 Å². The van der Waals surface area contributed by atoms with E-state index in [1.165, 1.54) is 7.11 Å². The topological polar surface area (TPSA) is 55.8 Å². The van der Waals surface area contributed by atoms with Gasteiger partial charge in [-0.2, -0.15) is 0 Å². The van der Waals surface area contributed by atoms with E-state index in [9.17, 15) is 4.79 Å². The van der Waals surface area contributed by atoms with Crippen LogP contribution in [-0.2, 0) is 14.4 Å². The summed E-state index contributed by atoms with van der Waals surface area (Å²) in [6.07, 6.45) is -0.188. The molecule has 0 spiro atoms. The molecular formula is C7H12O4. The van der Waals surface area contributed by atoms with Crippen molar-refractivity contribution in [1.29, 1.82) is 0 Å². The SMILES string of the molecule is C=C(C(=O)OC)C(CC)OO. The first-order chi connectivity index (χ1) is 5.17. The molecule has 0 fully saturated rings. The van der Waals surface area contributed by atoms with Crippen LogP contribution in [0.25, 0.3) is 0 Å². The lowest BCUT2D eigenvalue weighted by molar-refractivity contribution is -0.269. The van der Waals surface area contributed by atoms with Gasteiger partial charge in [-0.05, 0) is 6.42 Å². The molecule has 0 saturated heterocycles. The molecule has 0 aliphatic rings. The van der Waals surface area contributed by atoms with Crippen LogP contribution in [0.5, 0.6) is 0 Å². The van der Waals surface area contributed by atoms with Crippen molar-refractivity contribution in [1.82, 2.24) is 0 Å². The van der Waals surface area contributed by atoms with Gasteiger partial charge in [0.1, 0.15) is 6.10 Å². The molecular weight excluding hydrogens is 148 g/mol. The number of hydrogen-bond acceptors (Lipinski definition) is 4. The average molecular weight is 160 g/mol. The predicted octanol–water partition coefficient (Wildman–Crippen LogP) is 0.984. The molecule has 0 rings (SSSR count). The van der Waals surface area contributed by atoms with Crippen LogP contribution in [0.2, 0.25) is 0 Å². The van der Waals surface area contributed by atoms with Crippen molar-refractivity contribution in [3.8, 4) is 0 Å². The number of hydrogen-bond donors (Lipinski definition) is 1. The van der Waals surface area contributed by atoms with Crippen LogP contribution < -0.4 is 0 Å². The maximum absolute atomic E-state index is 10.8. The van der Waals surface area contributed by atoms with Crippen LogP contribution in [0.15, 0.2) is 12.2 Å². The Morgan fingerprint density at radius 1 is 1.73 bits per heavy atom. The van der Waals surface area contributed by atoms with E-state index in [-0.39, 0.29) is 5.57 Å². The van der Waals surface area contributed by atoms with Crippen molar-refractivity contribution in [2.24, 2.45) is 0 Å². The van der Waals surface area contributed by atoms with E-state index in [1.807, 2.05) is 0 Å². The van der Waals surface area contributed by atoms with Crippen molar-refractivity contribution >= 4 is 5.97 Å². The molecule has 0 aliphatic carbocycles. The van der Waals surface area contributed by atoms with Crippen LogP contribution in [-0.4, -0.2) is 24.4 Å². The lowest BCUT2D eigenvalue weighted by atomic mass is 10.1. The zero-order chi connectivity index (χ0) is 8.85. The highest BCUT2D eigenvalue weighted by Crippen LogP contribution is 2.08. The van der Waals surface area contributed by atoms with E-state index in [0.29, 0.717) is 6.42 Å². The molecule has 0 amide bonds. The van der Waals surface area contributed by atoms with Crippen LogP contribution in [0.4, 0.5) is 0 Å². The van der Waals surface area contributed by atoms with Gasteiger partial charge in [0.25, 0.3) is 0 Å². The van der Waals surface area contributed by atoms with Gasteiger partial charge in [0.15, 0.2) is 0 Å². The van der Waals surface area contributed by atoms with E-state index in [1.54, 1.807) is 6.92 Å². The summed E-state index contributed by atoms with van der Waals surface area (Å²) in [5.74, 6) is -0.564. The van der Waals surface area contributed by atoms with E-state index < -0.39 is 12.1 Å². The molecule has 1 atom stereocenters. The number of methoxy groups -OCH3 is 1. The standard InChI is InChI=1S/C7H12O4/c1-4-6(11-9)5(2)7(8)10-3/h6,9H,2,4H2,1,3H3. The summed E-state index contributed by atoms with van der Waals surface area (Å²) in [5, 5.41) is 8.27. The second kappa shape index (κ2) is 4.87. The minimum absolute atomic E-state index is 0.123. The van der Waals surface area contributed by atoms with Gasteiger partial charge in [-0.3, -0.25) is 5.26 Å². The molecule has 0 aromatic carbocycles. The molecule has 1 N–H and O–H groups in total. The Bertz CT molecular complexity index is 149. The first kappa shape index (κ1) is 10.1. The summed E-state index contributed by atoms with van der Waals surface area (Å²) < 4.78 is 4.37. The smallest absolute Gasteiger partial charge is 0.335 e. The van der Waals surface area contributed by atoms with Gasteiger partial charge in [0, 0.05) is 0 Å². The Morgan fingerprint density at radius 2 is 2.27 bits per heavy atom. The highest BCUT2D eigenvalue weighted by atomic mass is 17.1. The average Bonchev–Trinajstić information content (AvgIpc) is 2.05. The van der Waals surface area contributed by atoms with Crippen LogP contribution in [0.1, 0.15) is 13.3 Å². The maximum atomic E-state index is 10.8. The molecule has 4 nitrogen and oxygen atoms in total. The quantitative estimate of drug-likeness (QED) is 0.288. The molecule has 64 valence electrons. The second-order valence-electron chi connectivity index (χ2n) is 2.02. The Kier molecular flexibility index (Phi) is 4.49. The molecule has 4 heteroatoms. The molecule has 0 aromatic rings. The number of carbonyl (C=O) groups excluding carboxylic acids is 1. The van der Waals surface area contributed by atoms with Crippen molar-refractivity contribution in [3.05, 3.63) is 12.2 Å². The van der Waals surface area contributed by atoms with E-state index in [0.717, 1.165) is 0 Å². The predicted molar refractivity (Wildman–Crippen MR) is 38.9 cm³/mol. The molecule has 0 aromatic heterocycles. The third-order valence-corrected chi connectivity index (χ3v) is 1.33. The number of ether oxygens (including phenoxy) is 1. The van der Waals surface area contributed by atoms with Crippen molar-refractivity contribution in [3.63, 3.8) is 0 Å². The van der Waals surface area contributed by atoms with Crippen molar-refractivity contribution < 1.29 is 19.7 Å². The minimum atomic E-state index is -0.664. The Hall–Kier alpha value is -0.870. The van der Waals surface area contributed by atoms with Gasteiger partial charge >= 0.3 is 5.97 Å². The van der Waals surface area contributed by atoms with Gasteiger partial charge in [-0.15, -0.1) is 0 Å². The second-order valence-corrected chi connectivity index (χ2v) is 2.02. The fourth-order valence-electron chi connectivity index (χ4n) is 0.647. The molecule has 1 unspecified atom stereocenters. The van der Waals surface area contributed by atoms with Gasteiger partial charge < -0.3 is 4.74 Å². The fraction of sp³-hybridized carbons (Fsp3) is 0.571. The lowest BCUT2D eigenvalue weighted by Crippen LogP contribution is -2.19. The minimum Gasteiger partial charge on any atom is -0.466 e. The maximum Gasteiger partial charge on any atom is 0.335 e. The van der Waals surface area contributed by atoms with E-state index in [4.69, 9.17) is 5.26 Å². The Labute approximate surface area is 65.4 Å². The van der Waals surface area contributed by atoms with Crippen LogP contribution in [0.3, 0.4) is 0 Å². The largest absolute Gasteiger partial charge is 0.466 e. The summed E-state index contributed by atoms with van der Waals surface area (Å²) in [6, 6.07) is 0. The molecule has 0 radical (unpaired) electrons. The first-order valence-electron chi connectivity index (χ1n) is 3.24.